The lowest BCUT2D eigenvalue weighted by Gasteiger charge is -2.27. The molecule has 3 heteroatoms. The van der Waals surface area contributed by atoms with E-state index in [9.17, 15) is 0 Å². The van der Waals surface area contributed by atoms with Crippen LogP contribution < -0.4 is 4.74 Å². The Morgan fingerprint density at radius 2 is 1.73 bits per heavy atom. The number of imidazole rings is 1. The lowest BCUT2D eigenvalue weighted by Crippen LogP contribution is -2.24. The van der Waals surface area contributed by atoms with Gasteiger partial charge in [-0.05, 0) is 68.9 Å². The zero-order valence-corrected chi connectivity index (χ0v) is 17.3. The van der Waals surface area contributed by atoms with E-state index in [0.29, 0.717) is 12.5 Å². The Morgan fingerprint density at radius 1 is 1.08 bits per heavy atom. The van der Waals surface area contributed by atoms with Gasteiger partial charge in [0.05, 0.1) is 18.0 Å². The molecule has 3 rings (SSSR count). The van der Waals surface area contributed by atoms with E-state index in [4.69, 9.17) is 9.72 Å². The van der Waals surface area contributed by atoms with Crippen molar-refractivity contribution in [3.05, 3.63) is 41.7 Å². The van der Waals surface area contributed by atoms with Crippen molar-refractivity contribution in [1.29, 1.82) is 0 Å². The number of benzene rings is 1. The second-order valence-corrected chi connectivity index (χ2v) is 9.69. The molecule has 1 aromatic heterocycles. The van der Waals surface area contributed by atoms with Gasteiger partial charge in [-0.1, -0.05) is 33.8 Å². The Labute approximate surface area is 158 Å². The first-order valence-corrected chi connectivity index (χ1v) is 9.58. The number of hydrogen-bond acceptors (Lipinski definition) is 2. The molecule has 1 aliphatic carbocycles. The molecule has 0 radical (unpaired) electrons. The molecule has 1 unspecified atom stereocenters. The van der Waals surface area contributed by atoms with Crippen molar-refractivity contribution in [2.75, 3.05) is 6.61 Å². The lowest BCUT2D eigenvalue weighted by molar-refractivity contribution is 0.198. The van der Waals surface area contributed by atoms with Gasteiger partial charge in [0, 0.05) is 11.1 Å². The molecule has 0 N–H and O–H groups in total. The van der Waals surface area contributed by atoms with Crippen LogP contribution in [0.5, 0.6) is 5.75 Å². The van der Waals surface area contributed by atoms with Gasteiger partial charge >= 0.3 is 0 Å². The second kappa shape index (κ2) is 6.61. The molecule has 2 aromatic rings. The van der Waals surface area contributed by atoms with Crippen LogP contribution in [0.1, 0.15) is 59.9 Å². The quantitative estimate of drug-likeness (QED) is 0.684. The van der Waals surface area contributed by atoms with Crippen molar-refractivity contribution >= 4 is 6.08 Å². The maximum absolute atomic E-state index is 5.92. The molecule has 1 heterocycles. The molecular weight excluding hydrogens is 320 g/mol. The normalized spacial score (nSPS) is 17.3. The first-order valence-electron chi connectivity index (χ1n) is 9.58. The third kappa shape index (κ3) is 4.03. The van der Waals surface area contributed by atoms with Gasteiger partial charge < -0.3 is 9.30 Å². The number of rotatable bonds is 3. The zero-order chi connectivity index (χ0) is 19.1. The van der Waals surface area contributed by atoms with Crippen molar-refractivity contribution in [3.8, 4) is 17.1 Å². The smallest absolute Gasteiger partial charge is 0.141 e. The fourth-order valence-corrected chi connectivity index (χ4v) is 3.30. The molecule has 26 heavy (non-hydrogen) atoms. The number of aromatic nitrogens is 2. The molecule has 0 fully saturated rings. The summed E-state index contributed by atoms with van der Waals surface area (Å²) in [6.07, 6.45) is 5.54. The summed E-state index contributed by atoms with van der Waals surface area (Å²) in [5, 5.41) is 0. The van der Waals surface area contributed by atoms with E-state index in [-0.39, 0.29) is 11.0 Å². The van der Waals surface area contributed by atoms with E-state index in [1.807, 2.05) is 0 Å². The third-order valence-corrected chi connectivity index (χ3v) is 4.54. The molecule has 0 spiro atoms. The van der Waals surface area contributed by atoms with Crippen molar-refractivity contribution in [3.63, 3.8) is 0 Å². The molecule has 0 saturated heterocycles. The highest BCUT2D eigenvalue weighted by Crippen LogP contribution is 2.34. The standard InChI is InChI=1S/C23H32N2O/c1-16-8-13-20-19(14-16)24-21(25(20)23(5,6)7)17-9-11-18(12-10-17)26-15-22(2,3)4/h8-13,16H,14-15H2,1-7H3. The summed E-state index contributed by atoms with van der Waals surface area (Å²) in [6.45, 7) is 16.2. The summed E-state index contributed by atoms with van der Waals surface area (Å²) >= 11 is 0. The van der Waals surface area contributed by atoms with Gasteiger partial charge in [-0.25, -0.2) is 4.98 Å². The van der Waals surface area contributed by atoms with Gasteiger partial charge in [0.2, 0.25) is 0 Å². The summed E-state index contributed by atoms with van der Waals surface area (Å²) in [5.41, 5.74) is 3.72. The van der Waals surface area contributed by atoms with E-state index >= 15 is 0 Å². The maximum Gasteiger partial charge on any atom is 0.141 e. The molecule has 0 amide bonds. The minimum atomic E-state index is -0.0256. The highest BCUT2D eigenvalue weighted by Gasteiger charge is 2.27. The van der Waals surface area contributed by atoms with E-state index in [1.165, 1.54) is 11.4 Å². The van der Waals surface area contributed by atoms with E-state index in [0.717, 1.165) is 23.6 Å². The Kier molecular flexibility index (Phi) is 4.76. The number of nitrogens with zero attached hydrogens (tertiary/aromatic N) is 2. The van der Waals surface area contributed by atoms with Gasteiger partial charge in [0.15, 0.2) is 0 Å². The summed E-state index contributed by atoms with van der Waals surface area (Å²) in [6, 6.07) is 8.36. The van der Waals surface area contributed by atoms with Gasteiger partial charge in [-0.3, -0.25) is 0 Å². The van der Waals surface area contributed by atoms with E-state index in [2.05, 4.69) is 89.5 Å². The predicted octanol–water partition coefficient (Wildman–Crippen LogP) is 5.94. The molecule has 140 valence electrons. The summed E-state index contributed by atoms with van der Waals surface area (Å²) < 4.78 is 8.29. The van der Waals surface area contributed by atoms with Crippen LogP contribution in [0.2, 0.25) is 0 Å². The van der Waals surface area contributed by atoms with Crippen molar-refractivity contribution in [1.82, 2.24) is 9.55 Å². The van der Waals surface area contributed by atoms with E-state index < -0.39 is 0 Å². The van der Waals surface area contributed by atoms with Crippen LogP contribution in [0.25, 0.3) is 17.5 Å². The van der Waals surface area contributed by atoms with Crippen LogP contribution in [0.4, 0.5) is 0 Å². The van der Waals surface area contributed by atoms with Crippen LogP contribution in [-0.4, -0.2) is 16.2 Å². The Hall–Kier alpha value is -2.03. The summed E-state index contributed by atoms with van der Waals surface area (Å²) in [4.78, 5) is 5.02. The fourth-order valence-electron chi connectivity index (χ4n) is 3.30. The summed E-state index contributed by atoms with van der Waals surface area (Å²) in [5.74, 6) is 2.51. The number of ether oxygens (including phenoxy) is 1. The number of fused-ring (bicyclic) bond motifs is 1. The highest BCUT2D eigenvalue weighted by atomic mass is 16.5. The van der Waals surface area contributed by atoms with Gasteiger partial charge in [-0.2, -0.15) is 0 Å². The van der Waals surface area contributed by atoms with Gasteiger partial charge in [0.1, 0.15) is 11.6 Å². The zero-order valence-electron chi connectivity index (χ0n) is 17.3. The van der Waals surface area contributed by atoms with Crippen molar-refractivity contribution in [2.24, 2.45) is 11.3 Å². The van der Waals surface area contributed by atoms with Crippen LogP contribution in [0, 0.1) is 11.3 Å². The minimum Gasteiger partial charge on any atom is -0.493 e. The Balaban J connectivity index is 1.96. The monoisotopic (exact) mass is 352 g/mol. The lowest BCUT2D eigenvalue weighted by atomic mass is 9.97. The predicted molar refractivity (Wildman–Crippen MR) is 110 cm³/mol. The molecule has 1 aliphatic rings. The Bertz CT molecular complexity index is 798. The maximum atomic E-state index is 5.92. The topological polar surface area (TPSA) is 27.1 Å². The molecule has 0 bridgehead atoms. The first-order chi connectivity index (χ1) is 12.0. The van der Waals surface area contributed by atoms with Gasteiger partial charge in [0.25, 0.3) is 0 Å². The first kappa shape index (κ1) is 18.8. The SMILES string of the molecule is CC1C=Cc2c(nc(-c3ccc(OCC(C)(C)C)cc3)n2C(C)(C)C)C1. The highest BCUT2D eigenvalue weighted by molar-refractivity contribution is 5.64. The van der Waals surface area contributed by atoms with Crippen LogP contribution >= 0.6 is 0 Å². The molecule has 0 saturated carbocycles. The fraction of sp³-hybridized carbons (Fsp3) is 0.522. The molecule has 0 aliphatic heterocycles. The third-order valence-electron chi connectivity index (χ3n) is 4.54. The minimum absolute atomic E-state index is 0.0256. The van der Waals surface area contributed by atoms with Crippen LogP contribution in [-0.2, 0) is 12.0 Å². The molecule has 1 atom stereocenters. The second-order valence-electron chi connectivity index (χ2n) is 9.69. The average molecular weight is 353 g/mol. The van der Waals surface area contributed by atoms with Crippen molar-refractivity contribution < 1.29 is 4.74 Å². The largest absolute Gasteiger partial charge is 0.493 e. The van der Waals surface area contributed by atoms with Crippen LogP contribution in [0.15, 0.2) is 30.3 Å². The molecular formula is C23H32N2O. The number of allylic oxidation sites excluding steroid dienone is 1. The molecule has 1 aromatic carbocycles. The molecule has 3 nitrogen and oxygen atoms in total. The van der Waals surface area contributed by atoms with E-state index in [1.54, 1.807) is 0 Å². The average Bonchev–Trinajstić information content (AvgIpc) is 2.91. The summed E-state index contributed by atoms with van der Waals surface area (Å²) in [7, 11) is 0. The Morgan fingerprint density at radius 3 is 2.31 bits per heavy atom. The number of hydrogen-bond donors (Lipinski definition) is 0. The van der Waals surface area contributed by atoms with Crippen LogP contribution in [0.3, 0.4) is 0 Å². The van der Waals surface area contributed by atoms with Crippen molar-refractivity contribution in [2.45, 2.75) is 60.4 Å². The van der Waals surface area contributed by atoms with Gasteiger partial charge in [-0.15, -0.1) is 0 Å².